The van der Waals surface area contributed by atoms with Crippen molar-refractivity contribution in [2.75, 3.05) is 13.2 Å². The van der Waals surface area contributed by atoms with Crippen molar-refractivity contribution in [2.24, 2.45) is 5.92 Å². The molecule has 1 saturated carbocycles. The zero-order valence-corrected chi connectivity index (χ0v) is 17.7. The van der Waals surface area contributed by atoms with Crippen molar-refractivity contribution in [1.82, 2.24) is 5.32 Å². The van der Waals surface area contributed by atoms with E-state index in [0.29, 0.717) is 31.1 Å². The maximum atomic E-state index is 14.2. The van der Waals surface area contributed by atoms with Crippen LogP contribution in [-0.4, -0.2) is 24.8 Å². The predicted octanol–water partition coefficient (Wildman–Crippen LogP) is 5.36. The summed E-state index contributed by atoms with van der Waals surface area (Å²) in [5.74, 6) is 0.164. The van der Waals surface area contributed by atoms with Crippen LogP contribution in [0.4, 0.5) is 9.18 Å². The number of hydrogen-bond donors (Lipinski definition) is 1. The summed E-state index contributed by atoms with van der Waals surface area (Å²) in [6.07, 6.45) is 4.53. The second-order valence-corrected chi connectivity index (χ2v) is 7.70. The average molecular weight is 393 g/mol. The molecule has 6 heteroatoms. The van der Waals surface area contributed by atoms with Gasteiger partial charge in [-0.3, -0.25) is 0 Å². The highest BCUT2D eigenvalue weighted by molar-refractivity contribution is 5.67. The summed E-state index contributed by atoms with van der Waals surface area (Å²) in [5.41, 5.74) is 0.0390. The zero-order chi connectivity index (χ0) is 21.2. The summed E-state index contributed by atoms with van der Waals surface area (Å²) in [4.78, 5) is 11.7. The van der Waals surface area contributed by atoms with Crippen molar-refractivity contribution in [1.29, 1.82) is 5.26 Å². The first kappa shape index (κ1) is 23.7. The Morgan fingerprint density at radius 3 is 2.50 bits per heavy atom. The number of ether oxygens (including phenoxy) is 2. The van der Waals surface area contributed by atoms with E-state index in [1.54, 1.807) is 26.8 Å². The Hall–Kier alpha value is -2.29. The van der Waals surface area contributed by atoms with Crippen molar-refractivity contribution in [2.45, 2.75) is 72.3 Å². The van der Waals surface area contributed by atoms with E-state index in [1.807, 2.05) is 19.9 Å². The Balaban J connectivity index is 0.00000190. The molecule has 1 N–H and O–H groups in total. The molecular weight excluding hydrogens is 359 g/mol. The number of rotatable bonds is 6. The van der Waals surface area contributed by atoms with Gasteiger partial charge in [-0.15, -0.1) is 0 Å². The van der Waals surface area contributed by atoms with Crippen LogP contribution in [0.25, 0.3) is 0 Å². The van der Waals surface area contributed by atoms with Crippen LogP contribution >= 0.6 is 0 Å². The maximum Gasteiger partial charge on any atom is 0.407 e. The predicted molar refractivity (Wildman–Crippen MR) is 108 cm³/mol. The van der Waals surface area contributed by atoms with Crippen LogP contribution in [0.2, 0.25) is 0 Å². The molecule has 2 rings (SSSR count). The highest BCUT2D eigenvalue weighted by Gasteiger charge is 2.19. The Bertz CT molecular complexity index is 672. The molecule has 1 fully saturated rings. The van der Waals surface area contributed by atoms with E-state index in [-0.39, 0.29) is 11.3 Å². The molecule has 1 aliphatic rings. The summed E-state index contributed by atoms with van der Waals surface area (Å²) in [5, 5.41) is 11.8. The van der Waals surface area contributed by atoms with Crippen LogP contribution in [0.5, 0.6) is 5.75 Å². The lowest BCUT2D eigenvalue weighted by molar-refractivity contribution is 0.0528. The molecule has 0 bridgehead atoms. The summed E-state index contributed by atoms with van der Waals surface area (Å²) < 4.78 is 25.1. The highest BCUT2D eigenvalue weighted by Crippen LogP contribution is 2.28. The number of halogens is 1. The van der Waals surface area contributed by atoms with Crippen molar-refractivity contribution in [3.63, 3.8) is 0 Å². The van der Waals surface area contributed by atoms with E-state index < -0.39 is 17.5 Å². The molecule has 1 aromatic rings. The van der Waals surface area contributed by atoms with E-state index in [4.69, 9.17) is 9.47 Å². The molecule has 0 unspecified atom stereocenters. The van der Waals surface area contributed by atoms with Crippen molar-refractivity contribution in [3.05, 3.63) is 29.1 Å². The summed E-state index contributed by atoms with van der Waals surface area (Å²) >= 11 is 0. The summed E-state index contributed by atoms with van der Waals surface area (Å²) in [7, 11) is 0. The first-order valence-corrected chi connectivity index (χ1v) is 10.1. The molecule has 1 aliphatic carbocycles. The van der Waals surface area contributed by atoms with E-state index in [9.17, 15) is 14.4 Å². The van der Waals surface area contributed by atoms with Gasteiger partial charge in [-0.2, -0.15) is 5.26 Å². The van der Waals surface area contributed by atoms with Crippen LogP contribution < -0.4 is 10.1 Å². The molecule has 0 saturated heterocycles. The Labute approximate surface area is 168 Å². The van der Waals surface area contributed by atoms with Gasteiger partial charge in [0.15, 0.2) is 0 Å². The molecule has 0 spiro atoms. The van der Waals surface area contributed by atoms with Gasteiger partial charge >= 0.3 is 6.09 Å². The molecule has 0 aliphatic heterocycles. The number of carbonyl (C=O) groups excluding carboxylic acids is 1. The minimum absolute atomic E-state index is 0.0631. The van der Waals surface area contributed by atoms with Crippen LogP contribution in [0.15, 0.2) is 12.1 Å². The molecule has 1 amide bonds. The summed E-state index contributed by atoms with van der Waals surface area (Å²) in [6.45, 7) is 10.2. The smallest absolute Gasteiger partial charge is 0.407 e. The topological polar surface area (TPSA) is 71.3 Å². The number of amides is 1. The Morgan fingerprint density at radius 2 is 1.93 bits per heavy atom. The lowest BCUT2D eigenvalue weighted by Crippen LogP contribution is -2.33. The van der Waals surface area contributed by atoms with Crippen LogP contribution in [0, 0.1) is 23.1 Å². The number of carbonyl (C=O) groups is 1. The highest BCUT2D eigenvalue weighted by atomic mass is 19.1. The lowest BCUT2D eigenvalue weighted by atomic mass is 10.1. The molecule has 0 aromatic heterocycles. The van der Waals surface area contributed by atoms with E-state index in [0.717, 1.165) is 12.8 Å². The van der Waals surface area contributed by atoms with Gasteiger partial charge in [0.1, 0.15) is 28.8 Å². The number of benzene rings is 1. The van der Waals surface area contributed by atoms with Crippen LogP contribution in [0.1, 0.15) is 71.4 Å². The monoisotopic (exact) mass is 392 g/mol. The first-order valence-electron chi connectivity index (χ1n) is 10.1. The third kappa shape index (κ3) is 8.16. The summed E-state index contributed by atoms with van der Waals surface area (Å²) in [6, 6.07) is 4.88. The number of alkyl carbamates (subject to hydrolysis) is 1. The second kappa shape index (κ2) is 11.5. The van der Waals surface area contributed by atoms with Gasteiger partial charge in [0.05, 0.1) is 6.61 Å². The number of nitrogens with zero attached hydrogens (tertiary/aromatic N) is 1. The molecule has 0 heterocycles. The molecular formula is C22H33FN2O3. The molecule has 0 radical (unpaired) electrons. The van der Waals surface area contributed by atoms with E-state index in [2.05, 4.69) is 5.32 Å². The van der Waals surface area contributed by atoms with E-state index >= 15 is 0 Å². The maximum absolute atomic E-state index is 14.2. The minimum atomic E-state index is -0.594. The Morgan fingerprint density at radius 1 is 1.29 bits per heavy atom. The molecule has 28 heavy (non-hydrogen) atoms. The number of nitrogens with one attached hydrogen (secondary N) is 1. The SMILES string of the molecule is CC.CC(C)(C)OC(=O)NCCc1cc(F)c(C#N)c(OCC2CCCC2)c1. The molecule has 5 nitrogen and oxygen atoms in total. The van der Waals surface area contributed by atoms with Crippen molar-refractivity contribution in [3.8, 4) is 11.8 Å². The third-order valence-corrected chi connectivity index (χ3v) is 4.26. The quantitative estimate of drug-likeness (QED) is 0.707. The molecule has 0 atom stereocenters. The average Bonchev–Trinajstić information content (AvgIpc) is 3.13. The largest absolute Gasteiger partial charge is 0.492 e. The van der Waals surface area contributed by atoms with Crippen molar-refractivity contribution < 1.29 is 18.7 Å². The fourth-order valence-electron chi connectivity index (χ4n) is 3.01. The third-order valence-electron chi connectivity index (χ3n) is 4.26. The first-order chi connectivity index (χ1) is 13.3. The van der Waals surface area contributed by atoms with Crippen LogP contribution in [-0.2, 0) is 11.2 Å². The fraction of sp³-hybridized carbons (Fsp3) is 0.636. The minimum Gasteiger partial charge on any atom is -0.492 e. The lowest BCUT2D eigenvalue weighted by Gasteiger charge is -2.19. The van der Waals surface area contributed by atoms with Gasteiger partial charge in [-0.1, -0.05) is 26.7 Å². The second-order valence-electron chi connectivity index (χ2n) is 7.70. The van der Waals surface area contributed by atoms with E-state index in [1.165, 1.54) is 18.9 Å². The van der Waals surface area contributed by atoms with Gasteiger partial charge in [0.2, 0.25) is 0 Å². The number of hydrogen-bond acceptors (Lipinski definition) is 4. The number of nitriles is 1. The zero-order valence-electron chi connectivity index (χ0n) is 17.7. The Kier molecular flexibility index (Phi) is 9.78. The molecule has 1 aromatic carbocycles. The fourth-order valence-corrected chi connectivity index (χ4v) is 3.01. The van der Waals surface area contributed by atoms with Gasteiger partial charge in [-0.25, -0.2) is 9.18 Å². The van der Waals surface area contributed by atoms with Gasteiger partial charge in [0, 0.05) is 6.54 Å². The molecule has 156 valence electrons. The van der Waals surface area contributed by atoms with Crippen molar-refractivity contribution >= 4 is 6.09 Å². The van der Waals surface area contributed by atoms with Gasteiger partial charge in [0.25, 0.3) is 0 Å². The van der Waals surface area contributed by atoms with Gasteiger partial charge < -0.3 is 14.8 Å². The normalized spacial score (nSPS) is 13.9. The standard InChI is InChI=1S/C20H27FN2O3.C2H6/c1-20(2,3)26-19(24)23-9-8-15-10-17(21)16(12-22)18(11-15)25-13-14-6-4-5-7-14;1-2/h10-11,14H,4-9,13H2,1-3H3,(H,23,24);1-2H3. The van der Waals surface area contributed by atoms with Crippen LogP contribution in [0.3, 0.4) is 0 Å². The van der Waals surface area contributed by atoms with Gasteiger partial charge in [-0.05, 0) is 63.6 Å².